The summed E-state index contributed by atoms with van der Waals surface area (Å²) >= 11 is 11.6. The van der Waals surface area contributed by atoms with Gasteiger partial charge >= 0.3 is 0 Å². The Morgan fingerprint density at radius 1 is 1.00 bits per heavy atom. The van der Waals surface area contributed by atoms with Crippen molar-refractivity contribution in [3.05, 3.63) is 58.3 Å². The van der Waals surface area contributed by atoms with Gasteiger partial charge in [0.05, 0.1) is 6.54 Å². The number of benzene rings is 2. The van der Waals surface area contributed by atoms with Gasteiger partial charge in [-0.2, -0.15) is 0 Å². The molecule has 0 radical (unpaired) electrons. The van der Waals surface area contributed by atoms with Gasteiger partial charge in [-0.25, -0.2) is 4.39 Å². The number of halogens is 3. The first-order valence-electron chi connectivity index (χ1n) is 6.83. The largest absolute Gasteiger partial charge is 0.484 e. The highest BCUT2D eigenvalue weighted by Gasteiger charge is 2.08. The van der Waals surface area contributed by atoms with E-state index in [1.807, 2.05) is 0 Å². The fourth-order valence-corrected chi connectivity index (χ4v) is 2.24. The van der Waals surface area contributed by atoms with Crippen LogP contribution in [0.15, 0.2) is 42.5 Å². The van der Waals surface area contributed by atoms with Gasteiger partial charge in [0.2, 0.25) is 5.91 Å². The van der Waals surface area contributed by atoms with E-state index < -0.39 is 17.6 Å². The zero-order valence-electron chi connectivity index (χ0n) is 12.3. The summed E-state index contributed by atoms with van der Waals surface area (Å²) in [6.45, 7) is -0.531. The first-order valence-corrected chi connectivity index (χ1v) is 7.59. The summed E-state index contributed by atoms with van der Waals surface area (Å²) < 4.78 is 18.0. The minimum Gasteiger partial charge on any atom is -0.484 e. The van der Waals surface area contributed by atoms with Crippen molar-refractivity contribution < 1.29 is 18.7 Å². The van der Waals surface area contributed by atoms with Crippen molar-refractivity contribution in [3.63, 3.8) is 0 Å². The van der Waals surface area contributed by atoms with Crippen LogP contribution in [0.4, 0.5) is 10.1 Å². The van der Waals surface area contributed by atoms with Gasteiger partial charge in [0.15, 0.2) is 6.61 Å². The molecular formula is C16H13Cl2FN2O3. The fourth-order valence-electron chi connectivity index (χ4n) is 1.73. The molecule has 0 unspecified atom stereocenters. The van der Waals surface area contributed by atoms with Gasteiger partial charge in [-0.05, 0) is 42.5 Å². The Morgan fingerprint density at radius 2 is 1.62 bits per heavy atom. The second kappa shape index (κ2) is 8.52. The normalized spacial score (nSPS) is 10.1. The highest BCUT2D eigenvalue weighted by Crippen LogP contribution is 2.23. The van der Waals surface area contributed by atoms with Crippen LogP contribution >= 0.6 is 23.2 Å². The molecule has 0 aromatic heterocycles. The summed E-state index contributed by atoms with van der Waals surface area (Å²) in [6, 6.07) is 9.85. The molecule has 0 saturated heterocycles. The number of hydrogen-bond acceptors (Lipinski definition) is 3. The number of nitrogens with one attached hydrogen (secondary N) is 2. The van der Waals surface area contributed by atoms with E-state index in [1.165, 1.54) is 42.5 Å². The van der Waals surface area contributed by atoms with Gasteiger partial charge in [-0.1, -0.05) is 23.2 Å². The van der Waals surface area contributed by atoms with Crippen molar-refractivity contribution in [2.45, 2.75) is 0 Å². The molecule has 0 aliphatic rings. The molecule has 2 rings (SSSR count). The molecule has 5 nitrogen and oxygen atoms in total. The molecular weight excluding hydrogens is 358 g/mol. The molecule has 0 aliphatic carbocycles. The zero-order chi connectivity index (χ0) is 17.5. The van der Waals surface area contributed by atoms with Crippen LogP contribution in [0.3, 0.4) is 0 Å². The lowest BCUT2D eigenvalue weighted by Gasteiger charge is -2.09. The van der Waals surface area contributed by atoms with Crippen LogP contribution in [0.1, 0.15) is 0 Å². The molecule has 2 aromatic rings. The first-order chi connectivity index (χ1) is 11.4. The lowest BCUT2D eigenvalue weighted by molar-refractivity contribution is -0.125. The van der Waals surface area contributed by atoms with Gasteiger partial charge in [0.25, 0.3) is 5.91 Å². The molecule has 0 fully saturated rings. The van der Waals surface area contributed by atoms with Crippen LogP contribution in [-0.4, -0.2) is 25.0 Å². The Hall–Kier alpha value is -2.31. The number of anilines is 1. The topological polar surface area (TPSA) is 67.4 Å². The number of hydrogen-bond donors (Lipinski definition) is 2. The second-order valence-corrected chi connectivity index (χ2v) is 5.60. The lowest BCUT2D eigenvalue weighted by Crippen LogP contribution is -2.35. The van der Waals surface area contributed by atoms with Gasteiger partial charge < -0.3 is 15.4 Å². The molecule has 126 valence electrons. The number of carbonyl (C=O) groups excluding carboxylic acids is 2. The molecule has 0 aliphatic heterocycles. The molecule has 0 bridgehead atoms. The van der Waals surface area contributed by atoms with Crippen LogP contribution in [0.25, 0.3) is 0 Å². The average molecular weight is 371 g/mol. The third kappa shape index (κ3) is 6.06. The van der Waals surface area contributed by atoms with E-state index in [-0.39, 0.29) is 13.2 Å². The summed E-state index contributed by atoms with van der Waals surface area (Å²) in [5, 5.41) is 5.69. The van der Waals surface area contributed by atoms with E-state index >= 15 is 0 Å². The number of rotatable bonds is 6. The SMILES string of the molecule is O=C(COc1cc(Cl)cc(Cl)c1)NCC(=O)Nc1ccc(F)cc1. The lowest BCUT2D eigenvalue weighted by atomic mass is 10.3. The van der Waals surface area contributed by atoms with E-state index in [4.69, 9.17) is 27.9 Å². The Morgan fingerprint density at radius 3 is 2.25 bits per heavy atom. The summed E-state index contributed by atoms with van der Waals surface area (Å²) in [5.74, 6) is -0.987. The minimum absolute atomic E-state index is 0.240. The molecule has 2 aromatic carbocycles. The number of carbonyl (C=O) groups is 2. The summed E-state index contributed by atoms with van der Waals surface area (Å²) in [6.07, 6.45) is 0. The zero-order valence-corrected chi connectivity index (χ0v) is 13.8. The van der Waals surface area contributed by atoms with Gasteiger partial charge in [-0.15, -0.1) is 0 Å². The average Bonchev–Trinajstić information content (AvgIpc) is 2.52. The van der Waals surface area contributed by atoms with Gasteiger partial charge in [0, 0.05) is 15.7 Å². The van der Waals surface area contributed by atoms with Crippen molar-refractivity contribution in [1.29, 1.82) is 0 Å². The van der Waals surface area contributed by atoms with Crippen LogP contribution in [0.5, 0.6) is 5.75 Å². The van der Waals surface area contributed by atoms with Gasteiger partial charge in [0.1, 0.15) is 11.6 Å². The molecule has 0 saturated carbocycles. The van der Waals surface area contributed by atoms with Crippen LogP contribution < -0.4 is 15.4 Å². The first kappa shape index (κ1) is 18.0. The molecule has 0 spiro atoms. The summed E-state index contributed by atoms with van der Waals surface area (Å²) in [4.78, 5) is 23.3. The van der Waals surface area contributed by atoms with E-state index in [9.17, 15) is 14.0 Å². The monoisotopic (exact) mass is 370 g/mol. The summed E-state index contributed by atoms with van der Waals surface area (Å²) in [7, 11) is 0. The predicted molar refractivity (Wildman–Crippen MR) is 90.0 cm³/mol. The van der Waals surface area contributed by atoms with E-state index in [1.54, 1.807) is 0 Å². The third-order valence-corrected chi connectivity index (χ3v) is 3.22. The fraction of sp³-hybridized carbons (Fsp3) is 0.125. The minimum atomic E-state index is -0.486. The standard InChI is InChI=1S/C16H13Cl2FN2O3/c17-10-5-11(18)7-14(6-10)24-9-16(23)20-8-15(22)21-13-3-1-12(19)2-4-13/h1-7H,8-9H2,(H,20,23)(H,21,22). The van der Waals surface area contributed by atoms with Crippen LogP contribution in [0.2, 0.25) is 10.0 Å². The maximum atomic E-state index is 12.8. The Bertz CT molecular complexity index is 718. The second-order valence-electron chi connectivity index (χ2n) is 4.73. The van der Waals surface area contributed by atoms with Crippen LogP contribution in [0, 0.1) is 5.82 Å². The Kier molecular flexibility index (Phi) is 6.40. The molecule has 0 atom stereocenters. The van der Waals surface area contributed by atoms with Gasteiger partial charge in [-0.3, -0.25) is 9.59 Å². The predicted octanol–water partition coefficient (Wildman–Crippen LogP) is 3.27. The highest BCUT2D eigenvalue weighted by atomic mass is 35.5. The van der Waals surface area contributed by atoms with Crippen molar-refractivity contribution in [2.75, 3.05) is 18.5 Å². The van der Waals surface area contributed by atoms with Crippen molar-refractivity contribution in [2.24, 2.45) is 0 Å². The van der Waals surface area contributed by atoms with E-state index in [0.29, 0.717) is 21.5 Å². The highest BCUT2D eigenvalue weighted by molar-refractivity contribution is 6.34. The maximum Gasteiger partial charge on any atom is 0.258 e. The number of ether oxygens (including phenoxy) is 1. The van der Waals surface area contributed by atoms with Crippen molar-refractivity contribution in [3.8, 4) is 5.75 Å². The van der Waals surface area contributed by atoms with Crippen molar-refractivity contribution >= 4 is 40.7 Å². The Labute approximate surface area is 147 Å². The molecule has 8 heteroatoms. The summed E-state index contributed by atoms with van der Waals surface area (Å²) in [5.41, 5.74) is 0.431. The third-order valence-electron chi connectivity index (χ3n) is 2.78. The Balaban J connectivity index is 1.74. The molecule has 2 N–H and O–H groups in total. The smallest absolute Gasteiger partial charge is 0.258 e. The molecule has 2 amide bonds. The molecule has 0 heterocycles. The van der Waals surface area contributed by atoms with E-state index in [0.717, 1.165) is 0 Å². The van der Waals surface area contributed by atoms with E-state index in [2.05, 4.69) is 10.6 Å². The number of amides is 2. The van der Waals surface area contributed by atoms with Crippen molar-refractivity contribution in [1.82, 2.24) is 5.32 Å². The van der Waals surface area contributed by atoms with Crippen LogP contribution in [-0.2, 0) is 9.59 Å². The maximum absolute atomic E-state index is 12.8. The molecule has 24 heavy (non-hydrogen) atoms. The quantitative estimate of drug-likeness (QED) is 0.819.